The van der Waals surface area contributed by atoms with Crippen LogP contribution in [0.15, 0.2) is 48.5 Å². The second-order valence-electron chi connectivity index (χ2n) is 6.53. The molecule has 0 saturated carbocycles. The molecule has 0 spiro atoms. The second kappa shape index (κ2) is 7.92. The number of amides is 2. The average Bonchev–Trinajstić information content (AvgIpc) is 2.92. The molecule has 8 heteroatoms. The maximum Gasteiger partial charge on any atom is 0.417 e. The molecular weight excluding hydrogens is 373 g/mol. The molecule has 0 aromatic heterocycles. The van der Waals surface area contributed by atoms with E-state index in [9.17, 15) is 27.9 Å². The third-order valence-electron chi connectivity index (χ3n) is 4.63. The van der Waals surface area contributed by atoms with Gasteiger partial charge in [0.1, 0.15) is 5.75 Å². The van der Waals surface area contributed by atoms with Crippen LogP contribution in [0.3, 0.4) is 0 Å². The summed E-state index contributed by atoms with van der Waals surface area (Å²) in [5, 5.41) is 9.53. The van der Waals surface area contributed by atoms with E-state index in [0.717, 1.165) is 6.07 Å². The maximum atomic E-state index is 13.2. The Morgan fingerprint density at radius 3 is 2.14 bits per heavy atom. The minimum atomic E-state index is -4.62. The molecule has 0 aliphatic carbocycles. The molecule has 1 aliphatic heterocycles. The van der Waals surface area contributed by atoms with E-state index >= 15 is 0 Å². The zero-order chi connectivity index (χ0) is 20.3. The summed E-state index contributed by atoms with van der Waals surface area (Å²) < 4.78 is 39.6. The number of benzene rings is 2. The fourth-order valence-corrected chi connectivity index (χ4v) is 3.23. The number of nitrogens with zero attached hydrogens (tertiary/aromatic N) is 2. The fourth-order valence-electron chi connectivity index (χ4n) is 3.23. The Labute approximate surface area is 160 Å². The first-order valence-corrected chi connectivity index (χ1v) is 8.81. The highest BCUT2D eigenvalue weighted by atomic mass is 19.4. The number of carbonyl (C=O) groups excluding carboxylic acids is 2. The van der Waals surface area contributed by atoms with Gasteiger partial charge in [-0.05, 0) is 36.8 Å². The van der Waals surface area contributed by atoms with E-state index in [1.165, 1.54) is 40.1 Å². The van der Waals surface area contributed by atoms with Crippen LogP contribution < -0.4 is 0 Å². The molecule has 28 heavy (non-hydrogen) atoms. The van der Waals surface area contributed by atoms with Crippen molar-refractivity contribution in [1.29, 1.82) is 0 Å². The molecule has 2 aromatic carbocycles. The van der Waals surface area contributed by atoms with Gasteiger partial charge < -0.3 is 14.9 Å². The molecule has 1 fully saturated rings. The number of rotatable bonds is 2. The quantitative estimate of drug-likeness (QED) is 0.852. The number of carbonyl (C=O) groups is 2. The van der Waals surface area contributed by atoms with Gasteiger partial charge in [0.05, 0.1) is 11.1 Å². The Kier molecular flexibility index (Phi) is 5.58. The van der Waals surface area contributed by atoms with Crippen LogP contribution in [0.25, 0.3) is 0 Å². The molecule has 1 saturated heterocycles. The van der Waals surface area contributed by atoms with Crippen molar-refractivity contribution in [2.45, 2.75) is 12.6 Å². The normalized spacial score (nSPS) is 15.2. The van der Waals surface area contributed by atoms with E-state index in [1.54, 1.807) is 12.1 Å². The van der Waals surface area contributed by atoms with Gasteiger partial charge in [-0.25, -0.2) is 0 Å². The van der Waals surface area contributed by atoms with Crippen molar-refractivity contribution in [3.63, 3.8) is 0 Å². The number of hydrogen-bond acceptors (Lipinski definition) is 3. The fraction of sp³-hybridized carbons (Fsp3) is 0.300. The van der Waals surface area contributed by atoms with E-state index in [2.05, 4.69) is 0 Å². The van der Waals surface area contributed by atoms with Crippen molar-refractivity contribution in [1.82, 2.24) is 9.80 Å². The molecule has 3 rings (SSSR count). The lowest BCUT2D eigenvalue weighted by molar-refractivity contribution is -0.138. The molecule has 2 amide bonds. The van der Waals surface area contributed by atoms with Crippen LogP contribution in [0.4, 0.5) is 13.2 Å². The summed E-state index contributed by atoms with van der Waals surface area (Å²) in [6, 6.07) is 10.7. The average molecular weight is 392 g/mol. The number of halogens is 3. The molecule has 5 nitrogen and oxygen atoms in total. The van der Waals surface area contributed by atoms with Crippen LogP contribution in [0.2, 0.25) is 0 Å². The minimum absolute atomic E-state index is 0.0266. The summed E-state index contributed by atoms with van der Waals surface area (Å²) in [7, 11) is 0. The van der Waals surface area contributed by atoms with E-state index in [1.807, 2.05) is 0 Å². The van der Waals surface area contributed by atoms with Crippen LogP contribution in [0, 0.1) is 0 Å². The third-order valence-corrected chi connectivity index (χ3v) is 4.63. The Hall–Kier alpha value is -3.03. The number of hydrogen-bond donors (Lipinski definition) is 1. The highest BCUT2D eigenvalue weighted by Gasteiger charge is 2.36. The molecule has 0 bridgehead atoms. The standard InChI is InChI=1S/C20H19F3N2O3/c21-20(22,23)17-8-2-1-7-16(17)19(28)25-10-4-9-24(11-12-25)18(27)14-5-3-6-15(26)13-14/h1-3,5-8,13,26H,4,9-12H2. The molecule has 0 radical (unpaired) electrons. The van der Waals surface area contributed by atoms with Crippen LogP contribution in [-0.4, -0.2) is 52.9 Å². The lowest BCUT2D eigenvalue weighted by atomic mass is 10.1. The van der Waals surface area contributed by atoms with Gasteiger partial charge in [-0.3, -0.25) is 9.59 Å². The van der Waals surface area contributed by atoms with E-state index < -0.39 is 17.6 Å². The maximum absolute atomic E-state index is 13.2. The lowest BCUT2D eigenvalue weighted by Gasteiger charge is -2.23. The lowest BCUT2D eigenvalue weighted by Crippen LogP contribution is -2.38. The Balaban J connectivity index is 1.74. The first-order valence-electron chi connectivity index (χ1n) is 8.81. The Bertz CT molecular complexity index is 883. The van der Waals surface area contributed by atoms with Gasteiger partial charge in [-0.1, -0.05) is 18.2 Å². The van der Waals surface area contributed by atoms with Crippen molar-refractivity contribution in [2.24, 2.45) is 0 Å². The number of aromatic hydroxyl groups is 1. The molecule has 1 aliphatic rings. The van der Waals surface area contributed by atoms with Crippen LogP contribution in [0.5, 0.6) is 5.75 Å². The second-order valence-corrected chi connectivity index (χ2v) is 6.53. The van der Waals surface area contributed by atoms with Gasteiger partial charge in [-0.15, -0.1) is 0 Å². The summed E-state index contributed by atoms with van der Waals surface area (Å²) in [4.78, 5) is 28.2. The van der Waals surface area contributed by atoms with Gasteiger partial charge >= 0.3 is 6.18 Å². The predicted molar refractivity (Wildman–Crippen MR) is 96.0 cm³/mol. The SMILES string of the molecule is O=C(c1cccc(O)c1)N1CCCN(C(=O)c2ccccc2C(F)(F)F)CC1. The van der Waals surface area contributed by atoms with E-state index in [4.69, 9.17) is 0 Å². The highest BCUT2D eigenvalue weighted by Crippen LogP contribution is 2.32. The van der Waals surface area contributed by atoms with Crippen molar-refractivity contribution in [2.75, 3.05) is 26.2 Å². The third kappa shape index (κ3) is 4.27. The monoisotopic (exact) mass is 392 g/mol. The summed E-state index contributed by atoms with van der Waals surface area (Å²) in [5.74, 6) is -1.01. The van der Waals surface area contributed by atoms with Gasteiger partial charge in [-0.2, -0.15) is 13.2 Å². The van der Waals surface area contributed by atoms with E-state index in [0.29, 0.717) is 18.5 Å². The van der Waals surface area contributed by atoms with Crippen molar-refractivity contribution >= 4 is 11.8 Å². The number of phenols is 1. The first kappa shape index (κ1) is 19.7. The Morgan fingerprint density at radius 2 is 1.50 bits per heavy atom. The van der Waals surface area contributed by atoms with Crippen LogP contribution >= 0.6 is 0 Å². The zero-order valence-electron chi connectivity index (χ0n) is 14.9. The summed E-state index contributed by atoms with van der Waals surface area (Å²) in [6.45, 7) is 0.970. The van der Waals surface area contributed by atoms with Gasteiger partial charge in [0.15, 0.2) is 0 Å². The zero-order valence-corrected chi connectivity index (χ0v) is 14.9. The molecular formula is C20H19F3N2O3. The molecule has 0 atom stereocenters. The van der Waals surface area contributed by atoms with Crippen molar-refractivity contribution in [3.8, 4) is 5.75 Å². The van der Waals surface area contributed by atoms with Gasteiger partial charge in [0, 0.05) is 31.7 Å². The van der Waals surface area contributed by atoms with Gasteiger partial charge in [0.2, 0.25) is 0 Å². The molecule has 148 valence electrons. The number of phenolic OH excluding ortho intramolecular Hbond substituents is 1. The largest absolute Gasteiger partial charge is 0.508 e. The molecule has 0 unspecified atom stereocenters. The van der Waals surface area contributed by atoms with Crippen molar-refractivity contribution < 1.29 is 27.9 Å². The predicted octanol–water partition coefficient (Wildman–Crippen LogP) is 3.40. The van der Waals surface area contributed by atoms with E-state index in [-0.39, 0.29) is 36.9 Å². The highest BCUT2D eigenvalue weighted by molar-refractivity contribution is 5.96. The molecule has 1 N–H and O–H groups in total. The topological polar surface area (TPSA) is 60.9 Å². The minimum Gasteiger partial charge on any atom is -0.508 e. The summed E-state index contributed by atoms with van der Waals surface area (Å²) in [6.07, 6.45) is -4.17. The molecule has 1 heterocycles. The summed E-state index contributed by atoms with van der Waals surface area (Å²) >= 11 is 0. The smallest absolute Gasteiger partial charge is 0.417 e. The van der Waals surface area contributed by atoms with Crippen molar-refractivity contribution in [3.05, 3.63) is 65.2 Å². The Morgan fingerprint density at radius 1 is 0.857 bits per heavy atom. The molecule has 2 aromatic rings. The number of alkyl halides is 3. The first-order chi connectivity index (χ1) is 13.3. The van der Waals surface area contributed by atoms with Gasteiger partial charge in [0.25, 0.3) is 11.8 Å². The van der Waals surface area contributed by atoms with Crippen LogP contribution in [0.1, 0.15) is 32.7 Å². The van der Waals surface area contributed by atoms with Crippen LogP contribution in [-0.2, 0) is 6.18 Å². The summed E-state index contributed by atoms with van der Waals surface area (Å²) in [5.41, 5.74) is -1.03.